The van der Waals surface area contributed by atoms with Crippen LogP contribution in [0.15, 0.2) is 162 Å². The molecule has 0 unspecified atom stereocenters. The minimum Gasteiger partial charge on any atom is -0.455 e. The molecule has 3 aromatic heterocycles. The molecule has 0 bridgehead atoms. The average Bonchev–Trinajstić information content (AvgIpc) is 3.55. The first-order valence-electron chi connectivity index (χ1n) is 16.3. The zero-order valence-corrected chi connectivity index (χ0v) is 26.2. The van der Waals surface area contributed by atoms with E-state index in [0.717, 1.165) is 76.8 Å². The number of nitrogens with zero attached hydrogens (tertiary/aromatic N) is 4. The first-order valence-corrected chi connectivity index (χ1v) is 16.3. The summed E-state index contributed by atoms with van der Waals surface area (Å²) in [5.74, 6) is 1.81. The highest BCUT2D eigenvalue weighted by Crippen LogP contribution is 2.43. The minimum absolute atomic E-state index is 0.583. The van der Waals surface area contributed by atoms with Crippen LogP contribution in [0, 0.1) is 0 Å². The molecular weight excluding hydrogens is 601 g/mol. The lowest BCUT2D eigenvalue weighted by molar-refractivity contribution is 0.670. The van der Waals surface area contributed by atoms with E-state index in [2.05, 4.69) is 96.0 Å². The zero-order valence-electron chi connectivity index (χ0n) is 26.2. The maximum Gasteiger partial charge on any atom is 0.164 e. The van der Waals surface area contributed by atoms with Crippen molar-refractivity contribution < 1.29 is 4.42 Å². The van der Waals surface area contributed by atoms with Crippen LogP contribution in [0.5, 0.6) is 0 Å². The molecule has 0 atom stereocenters. The van der Waals surface area contributed by atoms with Gasteiger partial charge >= 0.3 is 0 Å². The Kier molecular flexibility index (Phi) is 6.11. The van der Waals surface area contributed by atoms with Gasteiger partial charge in [-0.3, -0.25) is 4.98 Å². The number of rotatable bonds is 4. The van der Waals surface area contributed by atoms with Crippen molar-refractivity contribution in [2.45, 2.75) is 0 Å². The van der Waals surface area contributed by atoms with Gasteiger partial charge in [-0.05, 0) is 57.4 Å². The molecule has 0 amide bonds. The summed E-state index contributed by atoms with van der Waals surface area (Å²) in [6.07, 6.45) is 1.81. The molecule has 0 saturated carbocycles. The molecule has 10 rings (SSSR count). The van der Waals surface area contributed by atoms with Crippen molar-refractivity contribution in [3.63, 3.8) is 0 Å². The van der Waals surface area contributed by atoms with Gasteiger partial charge in [-0.2, -0.15) is 0 Å². The molecular formula is C44H26N4O. The highest BCUT2D eigenvalue weighted by atomic mass is 16.3. The third-order valence-corrected chi connectivity index (χ3v) is 9.35. The van der Waals surface area contributed by atoms with Gasteiger partial charge in [0.05, 0.1) is 5.52 Å². The van der Waals surface area contributed by atoms with Gasteiger partial charge < -0.3 is 4.42 Å². The van der Waals surface area contributed by atoms with E-state index >= 15 is 0 Å². The Labute approximate surface area is 281 Å². The number of pyridine rings is 1. The van der Waals surface area contributed by atoms with Gasteiger partial charge in [0.1, 0.15) is 11.2 Å². The van der Waals surface area contributed by atoms with Crippen LogP contribution in [-0.2, 0) is 0 Å². The van der Waals surface area contributed by atoms with Crippen molar-refractivity contribution >= 4 is 54.4 Å². The molecule has 0 N–H and O–H groups in total. The Balaban J connectivity index is 1.31. The third-order valence-electron chi connectivity index (χ3n) is 9.35. The predicted molar refractivity (Wildman–Crippen MR) is 199 cm³/mol. The smallest absolute Gasteiger partial charge is 0.164 e. The van der Waals surface area contributed by atoms with Gasteiger partial charge in [0.2, 0.25) is 0 Å². The molecule has 0 radical (unpaired) electrons. The Morgan fingerprint density at radius 1 is 0.408 bits per heavy atom. The van der Waals surface area contributed by atoms with Gasteiger partial charge in [-0.25, -0.2) is 15.0 Å². The molecule has 0 aliphatic rings. The van der Waals surface area contributed by atoms with Crippen LogP contribution in [0.3, 0.4) is 0 Å². The summed E-state index contributed by atoms with van der Waals surface area (Å²) in [4.78, 5) is 20.2. The van der Waals surface area contributed by atoms with E-state index < -0.39 is 0 Å². The largest absolute Gasteiger partial charge is 0.455 e. The van der Waals surface area contributed by atoms with E-state index in [-0.39, 0.29) is 0 Å². The lowest BCUT2D eigenvalue weighted by Crippen LogP contribution is -2.01. The Morgan fingerprint density at radius 2 is 1.04 bits per heavy atom. The SMILES string of the molecule is c1ccc(-c2nc(-c3cc4ccccc4c4ccccc34)nc(-c3ccc(-c4ccccc4)c4oc5cc6ncccc6cc5c34)n2)cc1. The van der Waals surface area contributed by atoms with Crippen molar-refractivity contribution in [3.05, 3.63) is 158 Å². The van der Waals surface area contributed by atoms with Gasteiger partial charge in [-0.1, -0.05) is 115 Å². The van der Waals surface area contributed by atoms with Gasteiger partial charge in [0.15, 0.2) is 17.5 Å². The van der Waals surface area contributed by atoms with Crippen LogP contribution in [0.1, 0.15) is 0 Å². The number of hydrogen-bond acceptors (Lipinski definition) is 5. The number of benzene rings is 7. The van der Waals surface area contributed by atoms with Crippen LogP contribution >= 0.6 is 0 Å². The number of fused-ring (bicyclic) bond motifs is 7. The summed E-state index contributed by atoms with van der Waals surface area (Å²) < 4.78 is 6.73. The second-order valence-corrected chi connectivity index (χ2v) is 12.2. The molecule has 0 saturated heterocycles. The standard InChI is InChI=1S/C44H26N4O/c1-3-12-27(13-4-1)32-21-22-35(40-37-25-30-17-11-23-45-38(30)26-39(37)49-41(32)40)43-46-42(28-14-5-2-6-15-28)47-44(48-43)36-24-29-16-7-8-18-31(29)33-19-9-10-20-34(33)36/h1-26H. The maximum atomic E-state index is 6.73. The van der Waals surface area contributed by atoms with E-state index in [1.807, 2.05) is 66.9 Å². The summed E-state index contributed by atoms with van der Waals surface area (Å²) in [5, 5.41) is 7.57. The fraction of sp³-hybridized carbons (Fsp3) is 0. The van der Waals surface area contributed by atoms with Crippen molar-refractivity contribution in [1.82, 2.24) is 19.9 Å². The van der Waals surface area contributed by atoms with E-state index in [9.17, 15) is 0 Å². The minimum atomic E-state index is 0.583. The van der Waals surface area contributed by atoms with Gasteiger partial charge in [0, 0.05) is 50.7 Å². The molecule has 0 aliphatic heterocycles. The Hall–Kier alpha value is -6.72. The van der Waals surface area contributed by atoms with Crippen LogP contribution in [-0.4, -0.2) is 19.9 Å². The van der Waals surface area contributed by atoms with E-state index in [0.29, 0.717) is 17.5 Å². The Morgan fingerprint density at radius 3 is 1.86 bits per heavy atom. The fourth-order valence-electron chi connectivity index (χ4n) is 7.05. The van der Waals surface area contributed by atoms with Crippen LogP contribution < -0.4 is 0 Å². The van der Waals surface area contributed by atoms with Gasteiger partial charge in [-0.15, -0.1) is 0 Å². The van der Waals surface area contributed by atoms with Crippen molar-refractivity contribution in [3.8, 4) is 45.3 Å². The number of aromatic nitrogens is 4. The average molecular weight is 627 g/mol. The van der Waals surface area contributed by atoms with Crippen LogP contribution in [0.2, 0.25) is 0 Å². The molecule has 0 fully saturated rings. The van der Waals surface area contributed by atoms with E-state index in [4.69, 9.17) is 19.4 Å². The van der Waals surface area contributed by atoms with Crippen molar-refractivity contribution in [1.29, 1.82) is 0 Å². The summed E-state index contributed by atoms with van der Waals surface area (Å²) in [7, 11) is 0. The fourth-order valence-corrected chi connectivity index (χ4v) is 7.05. The molecule has 49 heavy (non-hydrogen) atoms. The second-order valence-electron chi connectivity index (χ2n) is 12.2. The van der Waals surface area contributed by atoms with Crippen LogP contribution in [0.4, 0.5) is 0 Å². The molecule has 5 heteroatoms. The second kappa shape index (κ2) is 10.9. The van der Waals surface area contributed by atoms with Crippen molar-refractivity contribution in [2.75, 3.05) is 0 Å². The lowest BCUT2D eigenvalue weighted by atomic mass is 9.96. The summed E-state index contributed by atoms with van der Waals surface area (Å²) >= 11 is 0. The molecule has 3 heterocycles. The van der Waals surface area contributed by atoms with E-state index in [1.165, 1.54) is 5.39 Å². The number of furan rings is 1. The monoisotopic (exact) mass is 626 g/mol. The molecule has 0 aliphatic carbocycles. The maximum absolute atomic E-state index is 6.73. The molecule has 228 valence electrons. The highest BCUT2D eigenvalue weighted by Gasteiger charge is 2.22. The third kappa shape index (κ3) is 4.48. The zero-order chi connectivity index (χ0) is 32.3. The normalized spacial score (nSPS) is 11.7. The topological polar surface area (TPSA) is 64.7 Å². The molecule has 5 nitrogen and oxygen atoms in total. The van der Waals surface area contributed by atoms with Crippen molar-refractivity contribution in [2.24, 2.45) is 0 Å². The number of hydrogen-bond donors (Lipinski definition) is 0. The summed E-state index contributed by atoms with van der Waals surface area (Å²) in [5.41, 5.74) is 7.27. The molecule has 10 aromatic rings. The van der Waals surface area contributed by atoms with Crippen LogP contribution in [0.25, 0.3) is 99.7 Å². The quantitative estimate of drug-likeness (QED) is 0.182. The molecule has 7 aromatic carbocycles. The first-order chi connectivity index (χ1) is 24.3. The predicted octanol–water partition coefficient (Wildman–Crippen LogP) is 11.3. The lowest BCUT2D eigenvalue weighted by Gasteiger charge is -2.13. The summed E-state index contributed by atoms with van der Waals surface area (Å²) in [6.45, 7) is 0. The molecule has 0 spiro atoms. The Bertz CT molecular complexity index is 2880. The highest BCUT2D eigenvalue weighted by molar-refractivity contribution is 6.18. The first kappa shape index (κ1) is 27.4. The van der Waals surface area contributed by atoms with E-state index in [1.54, 1.807) is 0 Å². The van der Waals surface area contributed by atoms with Gasteiger partial charge in [0.25, 0.3) is 0 Å². The summed E-state index contributed by atoms with van der Waals surface area (Å²) in [6, 6.07) is 52.1.